The molecule has 10 aromatic heterocycles. The van der Waals surface area contributed by atoms with Gasteiger partial charge < -0.3 is 62.4 Å². The van der Waals surface area contributed by atoms with Crippen LogP contribution in [0.3, 0.4) is 0 Å². The van der Waals surface area contributed by atoms with E-state index in [4.69, 9.17) is 9.47 Å². The van der Waals surface area contributed by atoms with Crippen LogP contribution >= 0.6 is 0 Å². The highest BCUT2D eigenvalue weighted by molar-refractivity contribution is 5.73. The SMILES string of the molecule is COc1cc2c(cn1)-c1cncn1C2CCC1(F)CCC(O)CC1.COc1cc2c(cn1)-c1cncn1C2CCC1(F)CCC(O)CC1.FC1(CCC2c3ncccc3-c3cncn32)CCCCC1.OC1CCC(F)(CCC2c3c(F)cccc3-c3cncn32)CC1.OC1CCC(F)(CCC2c3c(F)cccc3-c3cncn32)CC1.OC1CCC(F)(CCC2c3nc(F)ccc3-c3cncn32)CC1. The minimum Gasteiger partial charge on any atom is -0.481 e. The van der Waals surface area contributed by atoms with Gasteiger partial charge in [-0.05, 0) is 266 Å². The number of fused-ring (bicyclic) bond motifs is 18. The molecule has 6 aliphatic carbocycles. The monoisotopic (exact) mass is 1900 g/mol. The van der Waals surface area contributed by atoms with Crippen molar-refractivity contribution in [2.24, 2.45) is 0 Å². The van der Waals surface area contributed by atoms with Crippen LogP contribution in [0.5, 0.6) is 11.8 Å². The fourth-order valence-corrected chi connectivity index (χ4v) is 23.9. The van der Waals surface area contributed by atoms with Gasteiger partial charge in [0.15, 0.2) is 0 Å². The summed E-state index contributed by atoms with van der Waals surface area (Å²) in [6.45, 7) is 0. The Morgan fingerprint density at radius 1 is 0.312 bits per heavy atom. The Kier molecular flexibility index (Phi) is 28.1. The van der Waals surface area contributed by atoms with Gasteiger partial charge in [-0.2, -0.15) is 4.39 Å². The normalized spacial score (nSPS) is 28.0. The third-order valence-corrected chi connectivity index (χ3v) is 32.0. The van der Waals surface area contributed by atoms with Crippen molar-refractivity contribution in [3.8, 4) is 79.3 Å². The maximum atomic E-state index is 15.0. The molecule has 12 aromatic rings. The van der Waals surface area contributed by atoms with Crippen molar-refractivity contribution < 1.29 is 74.5 Å². The first-order valence-electron chi connectivity index (χ1n) is 49.6. The summed E-state index contributed by atoms with van der Waals surface area (Å²) in [5.74, 6) is 0.177. The van der Waals surface area contributed by atoms with E-state index in [2.05, 4.69) is 69.6 Å². The summed E-state index contributed by atoms with van der Waals surface area (Å²) in [7, 11) is 3.20. The van der Waals surface area contributed by atoms with Crippen LogP contribution in [-0.4, -0.2) is 182 Å². The zero-order valence-electron chi connectivity index (χ0n) is 78.2. The van der Waals surface area contributed by atoms with E-state index in [1.807, 2.05) is 100 Å². The number of aromatic nitrogens is 16. The third kappa shape index (κ3) is 20.2. The highest BCUT2D eigenvalue weighted by atomic mass is 19.2. The number of rotatable bonds is 20. The first kappa shape index (κ1) is 96.0. The lowest BCUT2D eigenvalue weighted by Gasteiger charge is -2.33. The van der Waals surface area contributed by atoms with Gasteiger partial charge in [0.2, 0.25) is 17.7 Å². The summed E-state index contributed by atoms with van der Waals surface area (Å²) in [6, 6.07) is 20.8. The molecule has 6 unspecified atom stereocenters. The topological polar surface area (TPSA) is 278 Å². The smallest absolute Gasteiger partial charge is 0.213 e. The fraction of sp³-hybridized carbons (Fsp3) is 0.528. The minimum atomic E-state index is -1.24. The molecular formula is C106H123F9N16O7. The molecule has 6 atom stereocenters. The molecule has 138 heavy (non-hydrogen) atoms. The number of alkyl halides is 6. The number of hydrogen-bond donors (Lipinski definition) is 5. The maximum Gasteiger partial charge on any atom is 0.213 e. The molecule has 24 rings (SSSR count). The molecule has 0 spiro atoms. The van der Waals surface area contributed by atoms with E-state index < -0.39 is 40.0 Å². The summed E-state index contributed by atoms with van der Waals surface area (Å²) in [4.78, 5) is 42.3. The van der Waals surface area contributed by atoms with Crippen molar-refractivity contribution in [2.45, 2.75) is 338 Å². The molecule has 732 valence electrons. The zero-order valence-corrected chi connectivity index (χ0v) is 78.2. The molecule has 6 aliphatic heterocycles. The van der Waals surface area contributed by atoms with E-state index in [9.17, 15) is 56.3 Å². The van der Waals surface area contributed by atoms with E-state index in [-0.39, 0.29) is 78.4 Å². The predicted molar refractivity (Wildman–Crippen MR) is 503 cm³/mol. The van der Waals surface area contributed by atoms with Crippen molar-refractivity contribution >= 4 is 0 Å². The number of pyridine rings is 4. The summed E-state index contributed by atoms with van der Waals surface area (Å²) in [5, 5.41) is 47.9. The molecule has 2 aromatic carbocycles. The number of hydrogen-bond acceptors (Lipinski definition) is 17. The standard InChI is InChI=1S/2C18H20F2N2O.2C18H22FN3O2.C17H19F2N3O.C17H20FN3/c2*19-14-3-1-2-13-16-10-21-11-22(16)15(17(13)14)6-9-18(20)7-4-12(23)5-8-18;2*1-24-17-8-13-14(9-21-17)16-10-20-11-22(16)15(13)4-7-18(19)5-2-12(23)3-6-18;18-15-2-1-12-14-9-20-10-22(14)13(16(12)21-15)5-8-17(19)6-3-11(23)4-7-17;18-17(7-2-1-3-8-17)9-6-14-16-13(5-4-10-20-16)15-11-19-12-21(14)15/h2*1-3,10-12,15,23H,4-9H2;2*8-12,15,23H,2-7H2,1H3;1-2,9-11,13,23H,3-8H2;4-5,10-12,14H,1-3,6-9H2. The highest BCUT2D eigenvalue weighted by Gasteiger charge is 2.46. The van der Waals surface area contributed by atoms with Gasteiger partial charge in [-0.25, -0.2) is 80.0 Å². The second-order valence-electron chi connectivity index (χ2n) is 40.6. The Morgan fingerprint density at radius 3 is 0.957 bits per heavy atom. The van der Waals surface area contributed by atoms with E-state index in [1.54, 1.807) is 70.0 Å². The maximum absolute atomic E-state index is 15.0. The molecule has 16 heterocycles. The summed E-state index contributed by atoms with van der Waals surface area (Å²) in [6.07, 6.45) is 45.8. The number of aliphatic hydroxyl groups excluding tert-OH is 5. The molecule has 5 N–H and O–H groups in total. The Bertz CT molecular complexity index is 5940. The first-order chi connectivity index (χ1) is 66.7. The van der Waals surface area contributed by atoms with Gasteiger partial charge in [-0.15, -0.1) is 0 Å². The lowest BCUT2D eigenvalue weighted by molar-refractivity contribution is 0.0252. The molecule has 12 aliphatic rings. The van der Waals surface area contributed by atoms with Gasteiger partial charge in [-0.1, -0.05) is 43.5 Å². The molecule has 0 saturated heterocycles. The Hall–Kier alpha value is -10.9. The number of nitrogens with zero attached hydrogens (tertiary/aromatic N) is 16. The van der Waals surface area contributed by atoms with E-state index in [1.165, 1.54) is 24.6 Å². The first-order valence-corrected chi connectivity index (χ1v) is 49.6. The number of benzene rings is 2. The van der Waals surface area contributed by atoms with E-state index >= 15 is 8.78 Å². The van der Waals surface area contributed by atoms with Crippen LogP contribution in [0.25, 0.3) is 67.5 Å². The van der Waals surface area contributed by atoms with Gasteiger partial charge in [0.25, 0.3) is 0 Å². The van der Waals surface area contributed by atoms with Gasteiger partial charge in [0, 0.05) is 75.2 Å². The number of ether oxygens (including phenoxy) is 2. The van der Waals surface area contributed by atoms with Crippen LogP contribution in [0.15, 0.2) is 167 Å². The van der Waals surface area contributed by atoms with Crippen LogP contribution in [0.1, 0.15) is 307 Å². The van der Waals surface area contributed by atoms with Crippen LogP contribution in [-0.2, 0) is 0 Å². The van der Waals surface area contributed by atoms with Crippen LogP contribution in [0.2, 0.25) is 0 Å². The second-order valence-corrected chi connectivity index (χ2v) is 40.6. The molecule has 6 fully saturated rings. The molecule has 6 saturated carbocycles. The largest absolute Gasteiger partial charge is 0.481 e. The molecule has 0 bridgehead atoms. The van der Waals surface area contributed by atoms with Crippen molar-refractivity contribution in [3.05, 3.63) is 218 Å². The Morgan fingerprint density at radius 2 is 0.601 bits per heavy atom. The van der Waals surface area contributed by atoms with E-state index in [0.717, 1.165) is 116 Å². The fourth-order valence-electron chi connectivity index (χ4n) is 23.9. The molecule has 32 heteroatoms. The Labute approximate surface area is 797 Å². The van der Waals surface area contributed by atoms with Crippen molar-refractivity contribution in [3.63, 3.8) is 0 Å². The lowest BCUT2D eigenvalue weighted by Crippen LogP contribution is -2.32. The van der Waals surface area contributed by atoms with Crippen LogP contribution < -0.4 is 9.47 Å². The second kappa shape index (κ2) is 40.4. The number of aliphatic hydroxyl groups is 5. The van der Waals surface area contributed by atoms with Crippen LogP contribution in [0.4, 0.5) is 39.5 Å². The van der Waals surface area contributed by atoms with Crippen molar-refractivity contribution in [1.82, 2.24) is 77.2 Å². The van der Waals surface area contributed by atoms with Crippen LogP contribution in [0, 0.1) is 17.6 Å². The average Bonchev–Trinajstić information content (AvgIpc) is 1.90. The Balaban J connectivity index is 0.000000106. The summed E-state index contributed by atoms with van der Waals surface area (Å²) < 4.78 is 155. The van der Waals surface area contributed by atoms with Gasteiger partial charge >= 0.3 is 0 Å². The quantitative estimate of drug-likeness (QED) is 0.0350. The summed E-state index contributed by atoms with van der Waals surface area (Å²) in [5.41, 5.74) is 9.99. The number of methoxy groups -OCH3 is 2. The number of imidazole rings is 6. The molecule has 23 nitrogen and oxygen atoms in total. The number of halogens is 9. The molecule has 0 amide bonds. The molecule has 0 radical (unpaired) electrons. The zero-order chi connectivity index (χ0) is 95.8. The van der Waals surface area contributed by atoms with E-state index in [0.29, 0.717) is 228 Å². The molecular weight excluding hydrogens is 1780 g/mol. The third-order valence-electron chi connectivity index (χ3n) is 32.0. The van der Waals surface area contributed by atoms with Gasteiger partial charge in [0.1, 0.15) is 45.6 Å². The van der Waals surface area contributed by atoms with Gasteiger partial charge in [-0.3, -0.25) is 4.98 Å². The van der Waals surface area contributed by atoms with Crippen molar-refractivity contribution in [1.29, 1.82) is 0 Å². The average molecular weight is 1900 g/mol. The van der Waals surface area contributed by atoms with Gasteiger partial charge in [0.05, 0.1) is 202 Å². The highest BCUT2D eigenvalue weighted by Crippen LogP contribution is 2.54. The van der Waals surface area contributed by atoms with Crippen molar-refractivity contribution in [2.75, 3.05) is 14.2 Å². The lowest BCUT2D eigenvalue weighted by atomic mass is 9.80. The minimum absolute atomic E-state index is 0.0638. The predicted octanol–water partition coefficient (Wildman–Crippen LogP) is 22.3. The summed E-state index contributed by atoms with van der Waals surface area (Å²) >= 11 is 0.